The predicted octanol–water partition coefficient (Wildman–Crippen LogP) is 2.39. The quantitative estimate of drug-likeness (QED) is 0.454. The minimum absolute atomic E-state index is 0.0694. The fraction of sp³-hybridized carbons (Fsp3) is 0.286. The second-order valence-corrected chi connectivity index (χ2v) is 7.30. The number of rotatable bonds is 6. The highest BCUT2D eigenvalue weighted by Crippen LogP contribution is 2.23. The van der Waals surface area contributed by atoms with Crippen molar-refractivity contribution in [3.8, 4) is 11.6 Å². The molecule has 5 rings (SSSR count). The predicted molar refractivity (Wildman–Crippen MR) is 112 cm³/mol. The molecule has 10 heteroatoms. The Labute approximate surface area is 177 Å². The summed E-state index contributed by atoms with van der Waals surface area (Å²) in [5, 5.41) is 13.1. The highest BCUT2D eigenvalue weighted by Gasteiger charge is 2.20. The zero-order valence-corrected chi connectivity index (χ0v) is 16.9. The molecule has 158 valence electrons. The van der Waals surface area contributed by atoms with Gasteiger partial charge in [0, 0.05) is 6.61 Å². The molecule has 3 N–H and O–H groups in total. The summed E-state index contributed by atoms with van der Waals surface area (Å²) in [6.45, 7) is 3.54. The molecule has 0 amide bonds. The summed E-state index contributed by atoms with van der Waals surface area (Å²) in [4.78, 5) is 13.2. The molecular weight excluding hydrogens is 398 g/mol. The number of furan rings is 1. The topological polar surface area (TPSA) is 137 Å². The van der Waals surface area contributed by atoms with Gasteiger partial charge in [-0.25, -0.2) is 4.98 Å². The maximum atomic E-state index is 8.71. The van der Waals surface area contributed by atoms with Gasteiger partial charge in [-0.2, -0.15) is 19.6 Å². The van der Waals surface area contributed by atoms with Crippen LogP contribution in [0.4, 0.5) is 5.95 Å². The summed E-state index contributed by atoms with van der Waals surface area (Å²) in [6, 6.07) is 9.13. The molecule has 0 aromatic carbocycles. The van der Waals surface area contributed by atoms with Crippen LogP contribution in [0.25, 0.3) is 17.2 Å². The van der Waals surface area contributed by atoms with Crippen molar-refractivity contribution < 1.29 is 13.9 Å². The SMILES string of the molecule is Cc1ccc(-c2nc(N)nc3c(C(=N)c4cccc(COC5CCOC5)n4)cnn23)o1. The van der Waals surface area contributed by atoms with Crippen LogP contribution in [0.5, 0.6) is 0 Å². The monoisotopic (exact) mass is 419 g/mol. The molecule has 1 saturated heterocycles. The van der Waals surface area contributed by atoms with Crippen LogP contribution in [0, 0.1) is 12.3 Å². The third-order valence-electron chi connectivity index (χ3n) is 5.03. The van der Waals surface area contributed by atoms with Crippen molar-refractivity contribution in [3.05, 3.63) is 59.2 Å². The maximum Gasteiger partial charge on any atom is 0.224 e. The second-order valence-electron chi connectivity index (χ2n) is 7.30. The van der Waals surface area contributed by atoms with Gasteiger partial charge >= 0.3 is 0 Å². The largest absolute Gasteiger partial charge is 0.458 e. The van der Waals surface area contributed by atoms with Gasteiger partial charge in [-0.05, 0) is 37.6 Å². The zero-order chi connectivity index (χ0) is 21.4. The lowest BCUT2D eigenvalue weighted by Crippen LogP contribution is -2.13. The standard InChI is InChI=1S/C21H21N7O3/c1-12-5-6-17(31-12)20-27-21(23)26-19-15(9-24-28(19)20)18(22)16-4-2-3-13(25-16)10-30-14-7-8-29-11-14/h2-6,9,14,22H,7-8,10-11H2,1H3,(H2,23,26). The van der Waals surface area contributed by atoms with Crippen molar-refractivity contribution in [3.63, 3.8) is 0 Å². The van der Waals surface area contributed by atoms with Crippen LogP contribution in [0.15, 0.2) is 40.9 Å². The number of hydrogen-bond acceptors (Lipinski definition) is 9. The van der Waals surface area contributed by atoms with E-state index in [1.807, 2.05) is 25.1 Å². The number of fused-ring (bicyclic) bond motifs is 1. The summed E-state index contributed by atoms with van der Waals surface area (Å²) in [7, 11) is 0. The van der Waals surface area contributed by atoms with E-state index in [1.54, 1.807) is 18.3 Å². The van der Waals surface area contributed by atoms with E-state index in [0.717, 1.165) is 24.5 Å². The Kier molecular flexibility index (Phi) is 4.92. The average Bonchev–Trinajstić information content (AvgIpc) is 3.52. The van der Waals surface area contributed by atoms with E-state index in [2.05, 4.69) is 20.1 Å². The fourth-order valence-electron chi connectivity index (χ4n) is 3.47. The minimum atomic E-state index is 0.0694. The Morgan fingerprint density at radius 3 is 2.94 bits per heavy atom. The lowest BCUT2D eigenvalue weighted by Gasteiger charge is -2.10. The number of aryl methyl sites for hydroxylation is 1. The van der Waals surface area contributed by atoms with Gasteiger partial charge in [-0.15, -0.1) is 0 Å². The van der Waals surface area contributed by atoms with Crippen molar-refractivity contribution in [1.82, 2.24) is 24.6 Å². The van der Waals surface area contributed by atoms with E-state index in [1.165, 1.54) is 4.52 Å². The van der Waals surface area contributed by atoms with Crippen molar-refractivity contribution in [2.45, 2.75) is 26.1 Å². The summed E-state index contributed by atoms with van der Waals surface area (Å²) in [5.41, 5.74) is 8.26. The molecule has 31 heavy (non-hydrogen) atoms. The molecule has 0 spiro atoms. The molecule has 1 aliphatic heterocycles. The molecule has 1 fully saturated rings. The molecular formula is C21H21N7O3. The lowest BCUT2D eigenvalue weighted by molar-refractivity contribution is 0.0301. The van der Waals surface area contributed by atoms with Crippen LogP contribution >= 0.6 is 0 Å². The Hall–Kier alpha value is -3.63. The van der Waals surface area contributed by atoms with E-state index >= 15 is 0 Å². The van der Waals surface area contributed by atoms with Crippen LogP contribution < -0.4 is 5.73 Å². The summed E-state index contributed by atoms with van der Waals surface area (Å²) < 4.78 is 18.4. The van der Waals surface area contributed by atoms with Crippen LogP contribution in [-0.4, -0.2) is 49.6 Å². The molecule has 1 atom stereocenters. The third kappa shape index (κ3) is 3.78. The van der Waals surface area contributed by atoms with Crippen molar-refractivity contribution >= 4 is 17.3 Å². The smallest absolute Gasteiger partial charge is 0.224 e. The molecule has 0 bridgehead atoms. The van der Waals surface area contributed by atoms with E-state index in [4.69, 9.17) is 25.0 Å². The maximum absolute atomic E-state index is 8.71. The van der Waals surface area contributed by atoms with Crippen molar-refractivity contribution in [2.24, 2.45) is 0 Å². The normalized spacial score (nSPS) is 16.2. The molecule has 0 saturated carbocycles. The number of anilines is 1. The number of aromatic nitrogens is 5. The zero-order valence-electron chi connectivity index (χ0n) is 16.9. The van der Waals surface area contributed by atoms with Gasteiger partial charge in [0.25, 0.3) is 0 Å². The second kappa shape index (κ2) is 7.89. The average molecular weight is 419 g/mol. The Balaban J connectivity index is 1.46. The number of nitrogen functional groups attached to an aromatic ring is 1. The first-order chi connectivity index (χ1) is 15.1. The molecule has 0 aliphatic carbocycles. The summed E-state index contributed by atoms with van der Waals surface area (Å²) in [6.07, 6.45) is 2.54. The lowest BCUT2D eigenvalue weighted by atomic mass is 10.1. The third-order valence-corrected chi connectivity index (χ3v) is 5.03. The van der Waals surface area contributed by atoms with Crippen molar-refractivity contribution in [2.75, 3.05) is 18.9 Å². The van der Waals surface area contributed by atoms with E-state index in [9.17, 15) is 0 Å². The van der Waals surface area contributed by atoms with Gasteiger partial charge in [0.05, 0.1) is 48.2 Å². The van der Waals surface area contributed by atoms with Crippen LogP contribution in [0.1, 0.15) is 29.1 Å². The molecule has 4 aromatic heterocycles. The number of nitrogens with two attached hydrogens (primary N) is 1. The fourth-order valence-corrected chi connectivity index (χ4v) is 3.47. The molecule has 0 radical (unpaired) electrons. The number of nitrogens with zero attached hydrogens (tertiary/aromatic N) is 5. The number of hydrogen-bond donors (Lipinski definition) is 2. The van der Waals surface area contributed by atoms with Gasteiger partial charge in [0.1, 0.15) is 5.76 Å². The van der Waals surface area contributed by atoms with Crippen molar-refractivity contribution in [1.29, 1.82) is 5.41 Å². The minimum Gasteiger partial charge on any atom is -0.458 e. The molecule has 4 aromatic rings. The van der Waals surface area contributed by atoms with E-state index < -0.39 is 0 Å². The highest BCUT2D eigenvalue weighted by molar-refractivity contribution is 6.13. The Bertz CT molecular complexity index is 1260. The summed E-state index contributed by atoms with van der Waals surface area (Å²) >= 11 is 0. The number of ether oxygens (including phenoxy) is 2. The molecule has 1 aliphatic rings. The number of nitrogens with one attached hydrogen (secondary N) is 1. The molecule has 1 unspecified atom stereocenters. The van der Waals surface area contributed by atoms with Crippen LogP contribution in [0.3, 0.4) is 0 Å². The molecule has 5 heterocycles. The van der Waals surface area contributed by atoms with Gasteiger partial charge in [0.2, 0.25) is 11.8 Å². The van der Waals surface area contributed by atoms with E-state index in [0.29, 0.717) is 41.7 Å². The first kappa shape index (κ1) is 19.3. The first-order valence-electron chi connectivity index (χ1n) is 9.91. The van der Waals surface area contributed by atoms with Gasteiger partial charge < -0.3 is 19.6 Å². The highest BCUT2D eigenvalue weighted by atomic mass is 16.5. The van der Waals surface area contributed by atoms with Gasteiger partial charge in [-0.3, -0.25) is 5.41 Å². The Morgan fingerprint density at radius 2 is 2.16 bits per heavy atom. The number of pyridine rings is 1. The molecule has 10 nitrogen and oxygen atoms in total. The Morgan fingerprint density at radius 1 is 1.26 bits per heavy atom. The van der Waals surface area contributed by atoms with Gasteiger partial charge in [0.15, 0.2) is 11.4 Å². The first-order valence-corrected chi connectivity index (χ1v) is 9.91. The van der Waals surface area contributed by atoms with Gasteiger partial charge in [-0.1, -0.05) is 6.07 Å². The summed E-state index contributed by atoms with van der Waals surface area (Å²) in [5.74, 6) is 1.75. The van der Waals surface area contributed by atoms with E-state index in [-0.39, 0.29) is 17.8 Å². The van der Waals surface area contributed by atoms with Crippen LogP contribution in [0.2, 0.25) is 0 Å². The van der Waals surface area contributed by atoms with Crippen LogP contribution in [-0.2, 0) is 16.1 Å².